The third-order valence-corrected chi connectivity index (χ3v) is 5.41. The van der Waals surface area contributed by atoms with E-state index in [1.165, 1.54) is 12.1 Å². The second-order valence-corrected chi connectivity index (χ2v) is 6.42. The number of aliphatic carboxylic acids is 1. The number of carbonyl (C=O) groups excluding carboxylic acids is 1. The Bertz CT molecular complexity index is 592. The zero-order valence-electron chi connectivity index (χ0n) is 13.7. The van der Waals surface area contributed by atoms with Crippen molar-refractivity contribution in [1.29, 1.82) is 0 Å². The first-order valence-corrected chi connectivity index (χ1v) is 8.18. The first kappa shape index (κ1) is 17.4. The zero-order chi connectivity index (χ0) is 17.1. The Morgan fingerprint density at radius 3 is 2.39 bits per heavy atom. The van der Waals surface area contributed by atoms with E-state index < -0.39 is 16.8 Å². The number of hydrogen-bond acceptors (Lipinski definition) is 2. The average molecular weight is 321 g/mol. The van der Waals surface area contributed by atoms with Crippen molar-refractivity contribution in [3.8, 4) is 0 Å². The van der Waals surface area contributed by atoms with Gasteiger partial charge in [-0.3, -0.25) is 9.59 Å². The fraction of sp³-hybridized carbons (Fsp3) is 0.556. The standard InChI is InChI=1S/C18H24FNO3/c1-3-17(4-2,16(22)23)12-20-15(21)18(9-6-10-18)13-7-5-8-14(19)11-13/h5,7-8,11H,3-4,6,9-10,12H2,1-2H3,(H,20,21)(H,22,23). The van der Waals surface area contributed by atoms with Gasteiger partial charge in [0, 0.05) is 6.54 Å². The van der Waals surface area contributed by atoms with Crippen LogP contribution < -0.4 is 5.32 Å². The smallest absolute Gasteiger partial charge is 0.311 e. The SMILES string of the molecule is CCC(CC)(CNC(=O)C1(c2cccc(F)c2)CCC1)C(=O)O. The minimum Gasteiger partial charge on any atom is -0.481 e. The van der Waals surface area contributed by atoms with Crippen LogP contribution in [0.2, 0.25) is 0 Å². The van der Waals surface area contributed by atoms with E-state index in [1.54, 1.807) is 12.1 Å². The molecule has 126 valence electrons. The Morgan fingerprint density at radius 2 is 1.96 bits per heavy atom. The molecular weight excluding hydrogens is 297 g/mol. The van der Waals surface area contributed by atoms with Crippen LogP contribution in [0.25, 0.3) is 0 Å². The van der Waals surface area contributed by atoms with Crippen molar-refractivity contribution in [3.63, 3.8) is 0 Å². The van der Waals surface area contributed by atoms with Gasteiger partial charge in [0.2, 0.25) is 5.91 Å². The molecule has 0 unspecified atom stereocenters. The Balaban J connectivity index is 2.17. The second kappa shape index (κ2) is 6.69. The lowest BCUT2D eigenvalue weighted by Crippen LogP contribution is -2.52. The Hall–Kier alpha value is -1.91. The van der Waals surface area contributed by atoms with Crippen molar-refractivity contribution >= 4 is 11.9 Å². The normalized spacial score (nSPS) is 16.5. The number of amides is 1. The van der Waals surface area contributed by atoms with Crippen LogP contribution in [0, 0.1) is 11.2 Å². The highest BCUT2D eigenvalue weighted by atomic mass is 19.1. The van der Waals surface area contributed by atoms with Crippen LogP contribution in [0.3, 0.4) is 0 Å². The number of carbonyl (C=O) groups is 2. The van der Waals surface area contributed by atoms with Crippen molar-refractivity contribution in [2.75, 3.05) is 6.54 Å². The molecule has 0 radical (unpaired) electrons. The summed E-state index contributed by atoms with van der Waals surface area (Å²) >= 11 is 0. The van der Waals surface area contributed by atoms with E-state index in [9.17, 15) is 19.1 Å². The van der Waals surface area contributed by atoms with Crippen molar-refractivity contribution in [1.82, 2.24) is 5.32 Å². The van der Waals surface area contributed by atoms with E-state index in [2.05, 4.69) is 5.32 Å². The van der Waals surface area contributed by atoms with Gasteiger partial charge in [0.05, 0.1) is 10.8 Å². The molecule has 23 heavy (non-hydrogen) atoms. The highest BCUT2D eigenvalue weighted by molar-refractivity contribution is 5.89. The van der Waals surface area contributed by atoms with Crippen LogP contribution in [0.1, 0.15) is 51.5 Å². The maximum atomic E-state index is 13.5. The second-order valence-electron chi connectivity index (χ2n) is 6.42. The van der Waals surface area contributed by atoms with Crippen LogP contribution in [0.15, 0.2) is 24.3 Å². The summed E-state index contributed by atoms with van der Waals surface area (Å²) in [7, 11) is 0. The van der Waals surface area contributed by atoms with Gasteiger partial charge >= 0.3 is 5.97 Å². The first-order chi connectivity index (χ1) is 10.9. The van der Waals surface area contributed by atoms with Crippen LogP contribution in [0.5, 0.6) is 0 Å². The fourth-order valence-electron chi connectivity index (χ4n) is 3.26. The average Bonchev–Trinajstić information content (AvgIpc) is 2.47. The van der Waals surface area contributed by atoms with E-state index in [-0.39, 0.29) is 18.3 Å². The number of hydrogen-bond donors (Lipinski definition) is 2. The van der Waals surface area contributed by atoms with E-state index in [1.807, 2.05) is 13.8 Å². The number of nitrogens with one attached hydrogen (secondary N) is 1. The summed E-state index contributed by atoms with van der Waals surface area (Å²) in [6.45, 7) is 3.73. The van der Waals surface area contributed by atoms with Gasteiger partial charge in [-0.15, -0.1) is 0 Å². The molecule has 5 heteroatoms. The van der Waals surface area contributed by atoms with Crippen LogP contribution in [-0.4, -0.2) is 23.5 Å². The van der Waals surface area contributed by atoms with Crippen molar-refractivity contribution < 1.29 is 19.1 Å². The minimum atomic E-state index is -0.942. The number of rotatable bonds is 7. The number of benzene rings is 1. The molecule has 2 rings (SSSR count). The van der Waals surface area contributed by atoms with Crippen LogP contribution in [0.4, 0.5) is 4.39 Å². The number of carboxylic acids is 1. The molecule has 4 nitrogen and oxygen atoms in total. The molecule has 1 fully saturated rings. The number of carboxylic acid groups (broad SMARTS) is 1. The molecule has 0 aromatic heterocycles. The molecule has 0 atom stereocenters. The van der Waals surface area contributed by atoms with Gasteiger partial charge in [0.25, 0.3) is 0 Å². The summed E-state index contributed by atoms with van der Waals surface area (Å²) in [5.41, 5.74) is -0.980. The number of halogens is 1. The molecule has 1 aromatic rings. The molecule has 0 spiro atoms. The van der Waals surface area contributed by atoms with Crippen LogP contribution in [-0.2, 0) is 15.0 Å². The maximum Gasteiger partial charge on any atom is 0.311 e. The molecule has 0 heterocycles. The molecular formula is C18H24FNO3. The maximum absolute atomic E-state index is 13.5. The Labute approximate surface area is 136 Å². The molecule has 1 amide bonds. The van der Waals surface area contributed by atoms with Crippen molar-refractivity contribution in [3.05, 3.63) is 35.6 Å². The van der Waals surface area contributed by atoms with E-state index >= 15 is 0 Å². The lowest BCUT2D eigenvalue weighted by atomic mass is 9.63. The van der Waals surface area contributed by atoms with E-state index in [0.717, 1.165) is 6.42 Å². The van der Waals surface area contributed by atoms with Gasteiger partial charge in [-0.2, -0.15) is 0 Å². The monoisotopic (exact) mass is 321 g/mol. The largest absolute Gasteiger partial charge is 0.481 e. The van der Waals surface area contributed by atoms with Crippen LogP contribution >= 0.6 is 0 Å². The summed E-state index contributed by atoms with van der Waals surface area (Å²) in [4.78, 5) is 24.3. The quantitative estimate of drug-likeness (QED) is 0.810. The molecule has 1 aliphatic carbocycles. The van der Waals surface area contributed by atoms with Gasteiger partial charge in [0.15, 0.2) is 0 Å². The molecule has 0 bridgehead atoms. The van der Waals surface area contributed by atoms with Crippen molar-refractivity contribution in [2.24, 2.45) is 5.41 Å². The highest BCUT2D eigenvalue weighted by Crippen LogP contribution is 2.44. The van der Waals surface area contributed by atoms with E-state index in [4.69, 9.17) is 0 Å². The predicted molar refractivity (Wildman–Crippen MR) is 85.6 cm³/mol. The third-order valence-electron chi connectivity index (χ3n) is 5.41. The molecule has 1 saturated carbocycles. The zero-order valence-corrected chi connectivity index (χ0v) is 13.7. The van der Waals surface area contributed by atoms with Gasteiger partial charge < -0.3 is 10.4 Å². The van der Waals surface area contributed by atoms with Gasteiger partial charge in [0.1, 0.15) is 5.82 Å². The summed E-state index contributed by atoms with van der Waals surface area (Å²) in [6, 6.07) is 6.14. The fourth-order valence-corrected chi connectivity index (χ4v) is 3.26. The van der Waals surface area contributed by atoms with Gasteiger partial charge in [-0.25, -0.2) is 4.39 Å². The lowest BCUT2D eigenvalue weighted by molar-refractivity contribution is -0.149. The summed E-state index contributed by atoms with van der Waals surface area (Å²) in [6.07, 6.45) is 3.15. The summed E-state index contributed by atoms with van der Waals surface area (Å²) < 4.78 is 13.5. The topological polar surface area (TPSA) is 66.4 Å². The summed E-state index contributed by atoms with van der Waals surface area (Å²) in [5, 5.41) is 12.3. The molecule has 2 N–H and O–H groups in total. The van der Waals surface area contributed by atoms with Crippen molar-refractivity contribution in [2.45, 2.75) is 51.4 Å². The Morgan fingerprint density at radius 1 is 1.30 bits per heavy atom. The molecule has 1 aliphatic rings. The van der Waals surface area contributed by atoms with E-state index in [0.29, 0.717) is 31.2 Å². The molecule has 0 saturated heterocycles. The minimum absolute atomic E-state index is 0.102. The third kappa shape index (κ3) is 3.09. The summed E-state index contributed by atoms with van der Waals surface area (Å²) in [5.74, 6) is -1.44. The predicted octanol–water partition coefficient (Wildman–Crippen LogP) is 3.25. The first-order valence-electron chi connectivity index (χ1n) is 8.18. The Kier molecular flexibility index (Phi) is 5.07. The highest BCUT2D eigenvalue weighted by Gasteiger charge is 2.46. The van der Waals surface area contributed by atoms with Gasteiger partial charge in [-0.1, -0.05) is 32.4 Å². The lowest BCUT2D eigenvalue weighted by Gasteiger charge is -2.41. The molecule has 0 aliphatic heterocycles. The molecule has 1 aromatic carbocycles. The van der Waals surface area contributed by atoms with Gasteiger partial charge in [-0.05, 0) is 43.4 Å².